The number of rotatable bonds is 4. The smallest absolute Gasteiger partial charge is 0.274 e. The lowest BCUT2D eigenvalue weighted by Crippen LogP contribution is -2.28. The molecule has 1 atom stereocenters. The van der Waals surface area contributed by atoms with Crippen molar-refractivity contribution in [3.63, 3.8) is 0 Å². The van der Waals surface area contributed by atoms with Crippen molar-refractivity contribution in [3.8, 4) is 17.3 Å². The summed E-state index contributed by atoms with van der Waals surface area (Å²) in [6, 6.07) is 9.52. The van der Waals surface area contributed by atoms with E-state index in [1.165, 1.54) is 0 Å². The molecule has 1 aromatic carbocycles. The van der Waals surface area contributed by atoms with Crippen LogP contribution in [0.25, 0.3) is 11.3 Å². The Morgan fingerprint density at radius 2 is 2.24 bits per heavy atom. The minimum atomic E-state index is -0.484. The zero-order chi connectivity index (χ0) is 23.2. The third-order valence-corrected chi connectivity index (χ3v) is 6.48. The molecule has 2 aromatic heterocycles. The molecule has 0 bridgehead atoms. The third-order valence-electron chi connectivity index (χ3n) is 6.48. The fourth-order valence-electron chi connectivity index (χ4n) is 4.50. The van der Waals surface area contributed by atoms with Crippen LogP contribution in [0.1, 0.15) is 29.3 Å². The first-order chi connectivity index (χ1) is 15.9. The highest BCUT2D eigenvalue weighted by molar-refractivity contribution is 5.76. The van der Waals surface area contributed by atoms with E-state index in [1.54, 1.807) is 36.0 Å². The molecular formula is C24H24N6O3. The molecule has 0 saturated heterocycles. The highest BCUT2D eigenvalue weighted by Gasteiger charge is 2.36. The predicted molar refractivity (Wildman–Crippen MR) is 123 cm³/mol. The Kier molecular flexibility index (Phi) is 5.12. The number of hydrogen-bond donors (Lipinski definition) is 3. The number of pyridine rings is 1. The second kappa shape index (κ2) is 7.99. The van der Waals surface area contributed by atoms with E-state index in [0.717, 1.165) is 28.1 Å². The lowest BCUT2D eigenvalue weighted by atomic mass is 9.83. The Morgan fingerprint density at radius 1 is 1.39 bits per heavy atom. The van der Waals surface area contributed by atoms with E-state index in [2.05, 4.69) is 26.7 Å². The summed E-state index contributed by atoms with van der Waals surface area (Å²) in [6.45, 7) is 3.54. The summed E-state index contributed by atoms with van der Waals surface area (Å²) >= 11 is 0. The molecule has 168 valence electrons. The summed E-state index contributed by atoms with van der Waals surface area (Å²) < 4.78 is 7.18. The number of fused-ring (bicyclic) bond motifs is 2. The van der Waals surface area contributed by atoms with E-state index < -0.39 is 5.41 Å². The molecular weight excluding hydrogens is 420 g/mol. The molecule has 0 saturated carbocycles. The van der Waals surface area contributed by atoms with Crippen molar-refractivity contribution in [1.29, 1.82) is 5.26 Å². The maximum Gasteiger partial charge on any atom is 0.274 e. The Labute approximate surface area is 190 Å². The van der Waals surface area contributed by atoms with Gasteiger partial charge in [-0.3, -0.25) is 4.79 Å². The molecule has 4 heterocycles. The molecule has 1 unspecified atom stereocenters. The summed E-state index contributed by atoms with van der Waals surface area (Å²) in [7, 11) is 1.76. The number of aliphatic hydroxyl groups is 1. The number of ether oxygens (including phenoxy) is 1. The molecule has 2 aliphatic rings. The molecule has 0 fully saturated rings. The topological polar surface area (TPSA) is 125 Å². The minimum Gasteiger partial charge on any atom is -0.395 e. The van der Waals surface area contributed by atoms with E-state index in [-0.39, 0.29) is 18.1 Å². The monoisotopic (exact) mass is 444 g/mol. The van der Waals surface area contributed by atoms with Crippen LogP contribution in [0.3, 0.4) is 0 Å². The van der Waals surface area contributed by atoms with Gasteiger partial charge in [-0.25, -0.2) is 9.97 Å². The molecule has 5 rings (SSSR count). The second-order valence-corrected chi connectivity index (χ2v) is 8.72. The Morgan fingerprint density at radius 3 is 3.03 bits per heavy atom. The number of aliphatic hydroxyl groups excluding tert-OH is 1. The van der Waals surface area contributed by atoms with E-state index in [9.17, 15) is 15.2 Å². The molecule has 0 amide bonds. The molecule has 9 nitrogen and oxygen atoms in total. The van der Waals surface area contributed by atoms with Gasteiger partial charge in [-0.15, -0.1) is 0 Å². The molecule has 2 aliphatic heterocycles. The molecule has 0 radical (unpaired) electrons. The number of nitrogens with one attached hydrogen (secondary N) is 2. The first-order valence-corrected chi connectivity index (χ1v) is 10.8. The van der Waals surface area contributed by atoms with Crippen LogP contribution < -0.4 is 16.2 Å². The van der Waals surface area contributed by atoms with Gasteiger partial charge >= 0.3 is 0 Å². The number of benzene rings is 1. The van der Waals surface area contributed by atoms with Gasteiger partial charge in [-0.1, -0.05) is 6.92 Å². The Bertz CT molecular complexity index is 1360. The van der Waals surface area contributed by atoms with Gasteiger partial charge in [0, 0.05) is 42.9 Å². The van der Waals surface area contributed by atoms with Gasteiger partial charge in [-0.2, -0.15) is 5.26 Å². The van der Waals surface area contributed by atoms with Gasteiger partial charge in [0.2, 0.25) is 5.95 Å². The van der Waals surface area contributed by atoms with Gasteiger partial charge in [0.15, 0.2) is 0 Å². The zero-order valence-electron chi connectivity index (χ0n) is 18.5. The number of anilines is 3. The number of nitriles is 1. The second-order valence-electron chi connectivity index (χ2n) is 8.72. The fourth-order valence-corrected chi connectivity index (χ4v) is 4.50. The van der Waals surface area contributed by atoms with E-state index >= 15 is 0 Å². The van der Waals surface area contributed by atoms with Crippen molar-refractivity contribution in [2.24, 2.45) is 7.05 Å². The Hall–Kier alpha value is -3.74. The standard InChI is InChI=1S/C24H24N6O3/c1-24(13-31)12-27-21-15(10-25)7-14(8-17(21)24)18-3-5-26-23(28-18)29-19-9-16-11-33-6-4-20(16)30(2)22(19)32/h3,5,7-9,27,31H,4,6,11-13H2,1-2H3,(H,26,28,29). The fraction of sp³-hybridized carbons (Fsp3) is 0.333. The number of nitrogens with zero attached hydrogens (tertiary/aromatic N) is 4. The van der Waals surface area contributed by atoms with Crippen LogP contribution in [0, 0.1) is 11.3 Å². The predicted octanol–water partition coefficient (Wildman–Crippen LogP) is 2.21. The van der Waals surface area contributed by atoms with Crippen LogP contribution in [0.4, 0.5) is 17.3 Å². The quantitative estimate of drug-likeness (QED) is 0.559. The van der Waals surface area contributed by atoms with Crippen molar-refractivity contribution in [2.75, 3.05) is 30.4 Å². The van der Waals surface area contributed by atoms with Crippen LogP contribution in [0.15, 0.2) is 35.3 Å². The van der Waals surface area contributed by atoms with Crippen LogP contribution in [0.2, 0.25) is 0 Å². The highest BCUT2D eigenvalue weighted by Crippen LogP contribution is 2.41. The Balaban J connectivity index is 1.53. The average molecular weight is 444 g/mol. The van der Waals surface area contributed by atoms with Crippen LogP contribution in [-0.4, -0.2) is 39.4 Å². The molecule has 0 aliphatic carbocycles. The maximum atomic E-state index is 12.9. The summed E-state index contributed by atoms with van der Waals surface area (Å²) in [5.41, 5.74) is 5.17. The van der Waals surface area contributed by atoms with Crippen LogP contribution >= 0.6 is 0 Å². The number of aromatic nitrogens is 3. The number of hydrogen-bond acceptors (Lipinski definition) is 8. The molecule has 3 N–H and O–H groups in total. The summed E-state index contributed by atoms with van der Waals surface area (Å²) in [6.07, 6.45) is 2.31. The summed E-state index contributed by atoms with van der Waals surface area (Å²) in [5, 5.41) is 25.9. The van der Waals surface area contributed by atoms with Gasteiger partial charge < -0.3 is 25.0 Å². The van der Waals surface area contributed by atoms with Crippen LogP contribution in [0.5, 0.6) is 0 Å². The SMILES string of the molecule is Cn1c2c(cc(Nc3nccc(-c4cc(C#N)c5c(c4)C(C)(CO)CN5)n3)c1=O)COCC2. The van der Waals surface area contributed by atoms with Gasteiger partial charge in [-0.05, 0) is 35.4 Å². The highest BCUT2D eigenvalue weighted by atomic mass is 16.5. The van der Waals surface area contributed by atoms with Crippen molar-refractivity contribution in [1.82, 2.24) is 14.5 Å². The van der Waals surface area contributed by atoms with Gasteiger partial charge in [0.25, 0.3) is 5.56 Å². The van der Waals surface area contributed by atoms with Gasteiger partial charge in [0.05, 0.1) is 36.8 Å². The molecule has 0 spiro atoms. The zero-order valence-corrected chi connectivity index (χ0v) is 18.5. The van der Waals surface area contributed by atoms with E-state index in [0.29, 0.717) is 43.1 Å². The maximum absolute atomic E-state index is 12.9. The van der Waals surface area contributed by atoms with Crippen LogP contribution in [-0.2, 0) is 30.2 Å². The minimum absolute atomic E-state index is 0.0385. The normalized spacial score (nSPS) is 18.7. The molecule has 33 heavy (non-hydrogen) atoms. The lowest BCUT2D eigenvalue weighted by Gasteiger charge is -2.21. The molecule has 3 aromatic rings. The first kappa shape index (κ1) is 21.1. The van der Waals surface area contributed by atoms with E-state index in [1.807, 2.05) is 13.0 Å². The summed E-state index contributed by atoms with van der Waals surface area (Å²) in [5.74, 6) is 0.281. The summed E-state index contributed by atoms with van der Waals surface area (Å²) in [4.78, 5) is 21.7. The van der Waals surface area contributed by atoms with Crippen molar-refractivity contribution >= 4 is 17.3 Å². The first-order valence-electron chi connectivity index (χ1n) is 10.8. The van der Waals surface area contributed by atoms with Crippen molar-refractivity contribution in [3.05, 3.63) is 63.2 Å². The van der Waals surface area contributed by atoms with Crippen molar-refractivity contribution in [2.45, 2.75) is 25.4 Å². The average Bonchev–Trinajstić information content (AvgIpc) is 3.19. The third kappa shape index (κ3) is 3.53. The molecule has 9 heteroatoms. The lowest BCUT2D eigenvalue weighted by molar-refractivity contribution is 0.108. The van der Waals surface area contributed by atoms with E-state index in [4.69, 9.17) is 4.74 Å². The van der Waals surface area contributed by atoms with Gasteiger partial charge in [0.1, 0.15) is 11.8 Å². The largest absolute Gasteiger partial charge is 0.395 e. The van der Waals surface area contributed by atoms with Crippen molar-refractivity contribution < 1.29 is 9.84 Å².